The van der Waals surface area contributed by atoms with Crippen LogP contribution in [0.2, 0.25) is 0 Å². The van der Waals surface area contributed by atoms with Gasteiger partial charge in [0.05, 0.1) is 18.0 Å². The maximum Gasteiger partial charge on any atom is 0.126 e. The molecule has 1 aromatic carbocycles. The van der Waals surface area contributed by atoms with Crippen molar-refractivity contribution in [2.75, 3.05) is 0 Å². The van der Waals surface area contributed by atoms with E-state index in [0.29, 0.717) is 5.82 Å². The Bertz CT molecular complexity index is 657. The van der Waals surface area contributed by atoms with Gasteiger partial charge in [0.1, 0.15) is 11.2 Å². The summed E-state index contributed by atoms with van der Waals surface area (Å²) in [6.45, 7) is 10.1. The Hall–Kier alpha value is -2.08. The molecule has 1 N–H and O–H groups in total. The molecule has 1 heterocycles. The molecule has 2 rings (SSSR count). The summed E-state index contributed by atoms with van der Waals surface area (Å²) < 4.78 is 0. The molecule has 98 valence electrons. The number of nitriles is 1. The number of nitrogens with zero attached hydrogens (tertiary/aromatic N) is 2. The highest BCUT2D eigenvalue weighted by Crippen LogP contribution is 2.28. The largest absolute Gasteiger partial charge is 0.341 e. The maximum absolute atomic E-state index is 9.15. The molecule has 0 saturated carbocycles. The highest BCUT2D eigenvalue weighted by molar-refractivity contribution is 5.65. The fourth-order valence-corrected chi connectivity index (χ4v) is 2.08. The summed E-state index contributed by atoms with van der Waals surface area (Å²) in [6.07, 6.45) is 1.81. The van der Waals surface area contributed by atoms with E-state index in [1.807, 2.05) is 20.0 Å². The first-order chi connectivity index (χ1) is 8.86. The first kappa shape index (κ1) is 13.4. The molecule has 0 unspecified atom stereocenters. The predicted molar refractivity (Wildman–Crippen MR) is 76.9 cm³/mol. The maximum atomic E-state index is 9.15. The van der Waals surface area contributed by atoms with Crippen LogP contribution < -0.4 is 0 Å². The van der Waals surface area contributed by atoms with Crippen LogP contribution in [-0.2, 0) is 5.41 Å². The van der Waals surface area contributed by atoms with Gasteiger partial charge in [0.15, 0.2) is 0 Å². The zero-order valence-corrected chi connectivity index (χ0v) is 12.1. The van der Waals surface area contributed by atoms with Crippen molar-refractivity contribution >= 4 is 0 Å². The van der Waals surface area contributed by atoms with E-state index >= 15 is 0 Å². The lowest BCUT2D eigenvalue weighted by molar-refractivity contribution is 0.640. The lowest BCUT2D eigenvalue weighted by atomic mass is 9.95. The Morgan fingerprint density at radius 3 is 2.47 bits per heavy atom. The highest BCUT2D eigenvalue weighted by atomic mass is 14.9. The number of hydrogen-bond donors (Lipinski definition) is 1. The third kappa shape index (κ3) is 2.26. The van der Waals surface area contributed by atoms with Crippen molar-refractivity contribution in [3.63, 3.8) is 0 Å². The molecule has 0 saturated heterocycles. The van der Waals surface area contributed by atoms with Gasteiger partial charge in [-0.2, -0.15) is 5.26 Å². The van der Waals surface area contributed by atoms with E-state index in [2.05, 4.69) is 48.9 Å². The number of imidazole rings is 1. The molecule has 0 aliphatic heterocycles. The fraction of sp³-hybridized carbons (Fsp3) is 0.375. The van der Waals surface area contributed by atoms with Gasteiger partial charge in [0.25, 0.3) is 0 Å². The molecule has 0 aliphatic rings. The molecule has 1 aromatic heterocycles. The summed E-state index contributed by atoms with van der Waals surface area (Å²) in [5.74, 6) is 0.711. The summed E-state index contributed by atoms with van der Waals surface area (Å²) in [5, 5.41) is 9.15. The first-order valence-electron chi connectivity index (χ1n) is 6.40. The second kappa shape index (κ2) is 4.55. The summed E-state index contributed by atoms with van der Waals surface area (Å²) in [4.78, 5) is 7.62. The van der Waals surface area contributed by atoms with Crippen LogP contribution in [0.4, 0.5) is 0 Å². The van der Waals surface area contributed by atoms with Crippen LogP contribution in [0.5, 0.6) is 0 Å². The van der Waals surface area contributed by atoms with Crippen LogP contribution in [0.3, 0.4) is 0 Å². The predicted octanol–water partition coefficient (Wildman–Crippen LogP) is 3.80. The molecular weight excluding hydrogens is 234 g/mol. The van der Waals surface area contributed by atoms with Crippen LogP contribution in [0, 0.1) is 32.1 Å². The number of aromatic nitrogens is 2. The van der Waals surface area contributed by atoms with Gasteiger partial charge in [-0.3, -0.25) is 0 Å². The van der Waals surface area contributed by atoms with Gasteiger partial charge in [-0.15, -0.1) is 0 Å². The SMILES string of the molecule is Cc1ccc(-c2cnc(C(C)(C)C#N)[nH]2)c(C)c1C. The van der Waals surface area contributed by atoms with Crippen molar-refractivity contribution in [1.82, 2.24) is 9.97 Å². The quantitative estimate of drug-likeness (QED) is 0.885. The number of H-pyrrole nitrogens is 1. The van der Waals surface area contributed by atoms with E-state index < -0.39 is 5.41 Å². The average molecular weight is 253 g/mol. The molecule has 0 atom stereocenters. The number of aromatic amines is 1. The Morgan fingerprint density at radius 2 is 1.84 bits per heavy atom. The minimum Gasteiger partial charge on any atom is -0.341 e. The van der Waals surface area contributed by atoms with E-state index in [-0.39, 0.29) is 0 Å². The van der Waals surface area contributed by atoms with Crippen LogP contribution in [0.1, 0.15) is 36.4 Å². The molecule has 0 radical (unpaired) electrons. The van der Waals surface area contributed by atoms with Gasteiger partial charge in [-0.25, -0.2) is 4.98 Å². The smallest absolute Gasteiger partial charge is 0.126 e. The Balaban J connectivity index is 2.51. The fourth-order valence-electron chi connectivity index (χ4n) is 2.08. The molecule has 3 nitrogen and oxygen atoms in total. The second-order valence-corrected chi connectivity index (χ2v) is 5.56. The third-order valence-corrected chi connectivity index (χ3v) is 3.80. The van der Waals surface area contributed by atoms with Crippen LogP contribution in [-0.4, -0.2) is 9.97 Å². The van der Waals surface area contributed by atoms with E-state index in [1.165, 1.54) is 16.7 Å². The lowest BCUT2D eigenvalue weighted by Gasteiger charge is -2.12. The van der Waals surface area contributed by atoms with Crippen molar-refractivity contribution in [3.8, 4) is 17.3 Å². The van der Waals surface area contributed by atoms with Gasteiger partial charge < -0.3 is 4.98 Å². The normalized spacial score (nSPS) is 11.4. The van der Waals surface area contributed by atoms with E-state index in [9.17, 15) is 0 Å². The topological polar surface area (TPSA) is 52.5 Å². The minimum absolute atomic E-state index is 0.591. The van der Waals surface area contributed by atoms with Gasteiger partial charge in [-0.05, 0) is 51.3 Å². The van der Waals surface area contributed by atoms with Gasteiger partial charge in [0, 0.05) is 5.56 Å². The van der Waals surface area contributed by atoms with Gasteiger partial charge >= 0.3 is 0 Å². The monoisotopic (exact) mass is 253 g/mol. The second-order valence-electron chi connectivity index (χ2n) is 5.56. The molecule has 0 fully saturated rings. The zero-order chi connectivity index (χ0) is 14.2. The number of hydrogen-bond acceptors (Lipinski definition) is 2. The standard InChI is InChI=1S/C16H19N3/c1-10-6-7-13(12(3)11(10)2)14-8-18-15(19-14)16(4,5)9-17/h6-8H,1-5H3,(H,18,19). The molecule has 0 bridgehead atoms. The van der Waals surface area contributed by atoms with Crippen LogP contribution >= 0.6 is 0 Å². The first-order valence-corrected chi connectivity index (χ1v) is 6.40. The molecular formula is C16H19N3. The molecule has 3 heteroatoms. The summed E-state index contributed by atoms with van der Waals surface area (Å²) in [7, 11) is 0. The Kier molecular flexibility index (Phi) is 3.20. The molecule has 19 heavy (non-hydrogen) atoms. The average Bonchev–Trinajstić information content (AvgIpc) is 2.86. The van der Waals surface area contributed by atoms with E-state index in [0.717, 1.165) is 11.3 Å². The van der Waals surface area contributed by atoms with Crippen molar-refractivity contribution in [2.45, 2.75) is 40.0 Å². The number of aryl methyl sites for hydroxylation is 1. The van der Waals surface area contributed by atoms with Gasteiger partial charge in [-0.1, -0.05) is 12.1 Å². The van der Waals surface area contributed by atoms with Crippen molar-refractivity contribution < 1.29 is 0 Å². The zero-order valence-electron chi connectivity index (χ0n) is 12.1. The van der Waals surface area contributed by atoms with Crippen molar-refractivity contribution in [3.05, 3.63) is 40.8 Å². The summed E-state index contributed by atoms with van der Waals surface area (Å²) in [5.41, 5.74) is 5.37. The Morgan fingerprint density at radius 1 is 1.16 bits per heavy atom. The third-order valence-electron chi connectivity index (χ3n) is 3.80. The molecule has 0 aliphatic carbocycles. The molecule has 0 amide bonds. The van der Waals surface area contributed by atoms with E-state index in [1.54, 1.807) is 0 Å². The number of rotatable bonds is 2. The molecule has 0 spiro atoms. The van der Waals surface area contributed by atoms with E-state index in [4.69, 9.17) is 5.26 Å². The Labute approximate surface area is 114 Å². The summed E-state index contributed by atoms with van der Waals surface area (Å²) >= 11 is 0. The number of benzene rings is 1. The lowest BCUT2D eigenvalue weighted by Crippen LogP contribution is -2.15. The van der Waals surface area contributed by atoms with Crippen LogP contribution in [0.25, 0.3) is 11.3 Å². The highest BCUT2D eigenvalue weighted by Gasteiger charge is 2.23. The number of nitrogens with one attached hydrogen (secondary N) is 1. The van der Waals surface area contributed by atoms with Crippen molar-refractivity contribution in [2.24, 2.45) is 0 Å². The van der Waals surface area contributed by atoms with Crippen molar-refractivity contribution in [1.29, 1.82) is 5.26 Å². The van der Waals surface area contributed by atoms with Gasteiger partial charge in [0.2, 0.25) is 0 Å². The summed E-state index contributed by atoms with van der Waals surface area (Å²) in [6, 6.07) is 6.49. The minimum atomic E-state index is -0.591. The van der Waals surface area contributed by atoms with Crippen LogP contribution in [0.15, 0.2) is 18.3 Å². The molecule has 2 aromatic rings.